The van der Waals surface area contributed by atoms with E-state index in [4.69, 9.17) is 0 Å². The number of amides is 1. The molecular weight excluding hydrogens is 304 g/mol. The zero-order valence-corrected chi connectivity index (χ0v) is 14.1. The molecule has 1 aliphatic heterocycles. The molecule has 0 aromatic carbocycles. The molecule has 0 saturated carbocycles. The Morgan fingerprint density at radius 3 is 2.77 bits per heavy atom. The first-order valence-corrected chi connectivity index (χ1v) is 9.31. The number of rotatable bonds is 6. The zero-order valence-electron chi connectivity index (χ0n) is 13.3. The van der Waals surface area contributed by atoms with E-state index in [1.54, 1.807) is 18.1 Å². The lowest BCUT2D eigenvalue weighted by Gasteiger charge is -2.26. The summed E-state index contributed by atoms with van der Waals surface area (Å²) in [4.78, 5) is 13.8. The highest BCUT2D eigenvalue weighted by Crippen LogP contribution is 2.16. The van der Waals surface area contributed by atoms with Gasteiger partial charge in [-0.25, -0.2) is 8.42 Å². The normalized spacial score (nSPS) is 23.1. The molecule has 2 rings (SSSR count). The van der Waals surface area contributed by atoms with Crippen molar-refractivity contribution in [1.82, 2.24) is 20.0 Å². The van der Waals surface area contributed by atoms with Crippen LogP contribution < -0.4 is 5.32 Å². The van der Waals surface area contributed by atoms with Crippen LogP contribution in [0.3, 0.4) is 0 Å². The molecule has 22 heavy (non-hydrogen) atoms. The fraction of sp³-hybridized carbons (Fsp3) is 0.714. The molecule has 1 aliphatic rings. The van der Waals surface area contributed by atoms with Gasteiger partial charge in [-0.2, -0.15) is 5.10 Å². The van der Waals surface area contributed by atoms with Crippen molar-refractivity contribution in [2.45, 2.75) is 38.4 Å². The summed E-state index contributed by atoms with van der Waals surface area (Å²) in [5, 5.41) is 7.39. The topological polar surface area (TPSA) is 84.3 Å². The van der Waals surface area contributed by atoms with Gasteiger partial charge in [-0.15, -0.1) is 0 Å². The number of aromatic nitrogens is 2. The van der Waals surface area contributed by atoms with Gasteiger partial charge in [-0.3, -0.25) is 9.48 Å². The van der Waals surface area contributed by atoms with Gasteiger partial charge in [0.1, 0.15) is 0 Å². The predicted octanol–water partition coefficient (Wildman–Crippen LogP) is 0.0677. The summed E-state index contributed by atoms with van der Waals surface area (Å²) in [5.41, 5.74) is 0. The lowest BCUT2D eigenvalue weighted by Crippen LogP contribution is -2.45. The van der Waals surface area contributed by atoms with Gasteiger partial charge >= 0.3 is 0 Å². The van der Waals surface area contributed by atoms with E-state index < -0.39 is 9.84 Å². The van der Waals surface area contributed by atoms with E-state index in [9.17, 15) is 13.2 Å². The van der Waals surface area contributed by atoms with Crippen LogP contribution >= 0.6 is 0 Å². The smallest absolute Gasteiger partial charge is 0.236 e. The number of hydrogen-bond acceptors (Lipinski definition) is 5. The highest BCUT2D eigenvalue weighted by atomic mass is 32.2. The molecular formula is C14H24N4O3S. The first-order chi connectivity index (χ1) is 10.3. The molecule has 0 aliphatic carbocycles. The second-order valence-electron chi connectivity index (χ2n) is 5.96. The van der Waals surface area contributed by atoms with Crippen LogP contribution in [0.2, 0.25) is 0 Å². The highest BCUT2D eigenvalue weighted by molar-refractivity contribution is 7.91. The molecule has 1 aromatic heterocycles. The third-order valence-corrected chi connectivity index (χ3v) is 6.14. The first kappa shape index (κ1) is 17.0. The number of carbonyl (C=O) groups excluding carboxylic acids is 1. The Hall–Kier alpha value is -1.41. The van der Waals surface area contributed by atoms with Crippen LogP contribution in [0.1, 0.15) is 26.3 Å². The molecule has 8 heteroatoms. The summed E-state index contributed by atoms with van der Waals surface area (Å²) in [6.07, 6.45) is 4.15. The summed E-state index contributed by atoms with van der Waals surface area (Å²) in [6, 6.07) is 1.87. The molecule has 1 aromatic rings. The van der Waals surface area contributed by atoms with Crippen LogP contribution in [0, 0.1) is 0 Å². The van der Waals surface area contributed by atoms with E-state index in [0.717, 1.165) is 0 Å². The first-order valence-electron chi connectivity index (χ1n) is 7.49. The van der Waals surface area contributed by atoms with E-state index in [0.29, 0.717) is 6.42 Å². The van der Waals surface area contributed by atoms with E-state index in [1.165, 1.54) is 0 Å². The van der Waals surface area contributed by atoms with Crippen LogP contribution in [0.25, 0.3) is 0 Å². The predicted molar refractivity (Wildman–Crippen MR) is 84.2 cm³/mol. The zero-order chi connectivity index (χ0) is 16.3. The van der Waals surface area contributed by atoms with E-state index >= 15 is 0 Å². The van der Waals surface area contributed by atoms with Crippen molar-refractivity contribution in [3.05, 3.63) is 18.5 Å². The monoisotopic (exact) mass is 328 g/mol. The Kier molecular flexibility index (Phi) is 5.23. The van der Waals surface area contributed by atoms with Gasteiger partial charge in [0.05, 0.1) is 24.1 Å². The third kappa shape index (κ3) is 4.07. The van der Waals surface area contributed by atoms with Crippen molar-refractivity contribution in [2.75, 3.05) is 25.1 Å². The standard InChI is InChI=1S/C14H24N4O3S/c1-11(12(2)18-7-4-6-16-18)15-9-14(19)17(3)13-5-8-22(20,21)10-13/h4,6-7,11-13,15H,5,8-10H2,1-3H3/t11-,12+,13-/m0/s1. The van der Waals surface area contributed by atoms with Crippen LogP contribution in [0.15, 0.2) is 18.5 Å². The molecule has 2 heterocycles. The molecule has 0 unspecified atom stereocenters. The number of nitrogens with one attached hydrogen (secondary N) is 1. The van der Waals surface area contributed by atoms with Gasteiger partial charge in [0.25, 0.3) is 0 Å². The second kappa shape index (κ2) is 6.78. The maximum Gasteiger partial charge on any atom is 0.236 e. The molecule has 124 valence electrons. The van der Waals surface area contributed by atoms with Crippen molar-refractivity contribution in [1.29, 1.82) is 0 Å². The lowest BCUT2D eigenvalue weighted by molar-refractivity contribution is -0.130. The molecule has 1 fully saturated rings. The molecule has 1 saturated heterocycles. The van der Waals surface area contributed by atoms with Crippen LogP contribution in [-0.4, -0.2) is 66.2 Å². The summed E-state index contributed by atoms with van der Waals surface area (Å²) >= 11 is 0. The maximum absolute atomic E-state index is 12.2. The minimum atomic E-state index is -2.97. The summed E-state index contributed by atoms with van der Waals surface area (Å²) in [7, 11) is -1.30. The SMILES string of the molecule is C[C@H](NCC(=O)N(C)[C@H]1CCS(=O)(=O)C1)[C@@H](C)n1cccn1. The fourth-order valence-corrected chi connectivity index (χ4v) is 4.35. The summed E-state index contributed by atoms with van der Waals surface area (Å²) < 4.78 is 24.8. The Bertz CT molecular complexity index is 600. The number of likely N-dealkylation sites (N-methyl/N-ethyl adjacent to an activating group) is 1. The van der Waals surface area contributed by atoms with Gasteiger partial charge < -0.3 is 10.2 Å². The molecule has 0 bridgehead atoms. The second-order valence-corrected chi connectivity index (χ2v) is 8.19. The van der Waals surface area contributed by atoms with E-state index in [1.807, 2.05) is 30.8 Å². The Labute approximate surface area is 131 Å². The summed E-state index contributed by atoms with van der Waals surface area (Å²) in [5.74, 6) is 0.172. The van der Waals surface area contributed by atoms with Crippen molar-refractivity contribution in [2.24, 2.45) is 0 Å². The Morgan fingerprint density at radius 1 is 1.50 bits per heavy atom. The quantitative estimate of drug-likeness (QED) is 0.799. The molecule has 7 nitrogen and oxygen atoms in total. The fourth-order valence-electron chi connectivity index (χ4n) is 2.58. The van der Waals surface area contributed by atoms with Gasteiger partial charge in [0.2, 0.25) is 5.91 Å². The van der Waals surface area contributed by atoms with Gasteiger partial charge in [-0.1, -0.05) is 0 Å². The van der Waals surface area contributed by atoms with Crippen molar-refractivity contribution >= 4 is 15.7 Å². The molecule has 0 spiro atoms. The third-order valence-electron chi connectivity index (χ3n) is 4.39. The minimum Gasteiger partial charge on any atom is -0.341 e. The average Bonchev–Trinajstić information content (AvgIpc) is 3.12. The highest BCUT2D eigenvalue weighted by Gasteiger charge is 2.32. The molecule has 1 N–H and O–H groups in total. The minimum absolute atomic E-state index is 0.0737. The molecule has 0 radical (unpaired) electrons. The lowest BCUT2D eigenvalue weighted by atomic mass is 10.1. The van der Waals surface area contributed by atoms with Gasteiger partial charge in [0.15, 0.2) is 9.84 Å². The maximum atomic E-state index is 12.2. The van der Waals surface area contributed by atoms with Crippen molar-refractivity contribution in [3.63, 3.8) is 0 Å². The van der Waals surface area contributed by atoms with Crippen molar-refractivity contribution in [3.8, 4) is 0 Å². The molecule has 1 amide bonds. The molecule has 3 atom stereocenters. The number of hydrogen-bond donors (Lipinski definition) is 1. The average molecular weight is 328 g/mol. The van der Waals surface area contributed by atoms with E-state index in [2.05, 4.69) is 10.4 Å². The number of sulfone groups is 1. The van der Waals surface area contributed by atoms with Gasteiger partial charge in [-0.05, 0) is 26.3 Å². The largest absolute Gasteiger partial charge is 0.341 e. The van der Waals surface area contributed by atoms with Crippen LogP contribution in [0.5, 0.6) is 0 Å². The van der Waals surface area contributed by atoms with Crippen LogP contribution in [0.4, 0.5) is 0 Å². The number of carbonyl (C=O) groups is 1. The van der Waals surface area contributed by atoms with Gasteiger partial charge in [0, 0.05) is 31.5 Å². The Balaban J connectivity index is 1.82. The Morgan fingerprint density at radius 2 is 2.23 bits per heavy atom. The van der Waals surface area contributed by atoms with Crippen LogP contribution in [-0.2, 0) is 14.6 Å². The van der Waals surface area contributed by atoms with E-state index in [-0.39, 0.29) is 42.1 Å². The summed E-state index contributed by atoms with van der Waals surface area (Å²) in [6.45, 7) is 4.22. The number of nitrogens with zero attached hydrogens (tertiary/aromatic N) is 3. The van der Waals surface area contributed by atoms with Crippen molar-refractivity contribution < 1.29 is 13.2 Å².